The molecule has 0 atom stereocenters. The molecular weight excluding hydrogens is 1660 g/mol. The molecule has 3 heterocycles. The number of rotatable bonds is 21. The molecule has 13 aromatic carbocycles. The lowest BCUT2D eigenvalue weighted by atomic mass is 9.33. The van der Waals surface area contributed by atoms with Crippen LogP contribution in [0.1, 0.15) is 436 Å². The molecule has 718 valence electrons. The minimum Gasteiger partial charge on any atom is -0.310 e. The number of hydrogen-bond donors (Lipinski definition) is 0. The van der Waals surface area contributed by atoms with Crippen molar-refractivity contribution in [3.63, 3.8) is 0 Å². The van der Waals surface area contributed by atoms with Crippen LogP contribution in [0.15, 0.2) is 212 Å². The van der Waals surface area contributed by atoms with E-state index >= 15 is 0 Å². The summed E-state index contributed by atoms with van der Waals surface area (Å²) in [6, 6.07) is 89.3. The van der Waals surface area contributed by atoms with Gasteiger partial charge in [-0.3, -0.25) is 0 Å². The van der Waals surface area contributed by atoms with Gasteiger partial charge in [0.25, 0.3) is 6.71 Å². The lowest BCUT2D eigenvalue weighted by Crippen LogP contribution is -2.61. The fourth-order valence-corrected chi connectivity index (χ4v) is 22.4. The van der Waals surface area contributed by atoms with Gasteiger partial charge < -0.3 is 14.4 Å². The van der Waals surface area contributed by atoms with E-state index in [2.05, 4.69) is 497 Å². The highest BCUT2D eigenvalue weighted by atomic mass is 15.2. The van der Waals surface area contributed by atoms with Gasteiger partial charge in [-0.15, -0.1) is 0 Å². The van der Waals surface area contributed by atoms with Crippen LogP contribution in [-0.2, 0) is 27.1 Å². The predicted molar refractivity (Wildman–Crippen MR) is 610 cm³/mol. The number of hydrogen-bond acceptors (Lipinski definition) is 2. The van der Waals surface area contributed by atoms with Crippen LogP contribution in [-0.4, -0.2) is 11.3 Å². The molecule has 3 nitrogen and oxygen atoms in total. The van der Waals surface area contributed by atoms with Gasteiger partial charge in [-0.1, -0.05) is 440 Å². The van der Waals surface area contributed by atoms with Crippen LogP contribution in [0.5, 0.6) is 0 Å². The smallest absolute Gasteiger partial charge is 0.252 e. The predicted octanol–water partition coefficient (Wildman–Crippen LogP) is 38.8. The number of fused-ring (bicyclic) bond motifs is 7. The average Bonchev–Trinajstić information content (AvgIpc) is 1.19. The zero-order valence-corrected chi connectivity index (χ0v) is 92.1. The van der Waals surface area contributed by atoms with Gasteiger partial charge in [0.15, 0.2) is 0 Å². The minimum absolute atomic E-state index is 0.117. The molecule has 0 amide bonds. The van der Waals surface area contributed by atoms with Crippen LogP contribution in [0.4, 0.5) is 34.1 Å². The molecule has 14 aromatic rings. The Bertz CT molecular complexity index is 6320. The van der Waals surface area contributed by atoms with Crippen LogP contribution < -0.4 is 26.2 Å². The molecule has 0 saturated heterocycles. The second-order valence-corrected chi connectivity index (χ2v) is 50.5. The molecule has 0 N–H and O–H groups in total. The summed E-state index contributed by atoms with van der Waals surface area (Å²) in [5, 5.41) is 2.49. The molecule has 0 bridgehead atoms. The fraction of sp³-hybridized carbons (Fsp3) is 0.418. The van der Waals surface area contributed by atoms with Crippen LogP contribution in [0, 0.1) is 0 Å². The summed E-state index contributed by atoms with van der Waals surface area (Å²) in [4.78, 5) is 5.85. The van der Waals surface area contributed by atoms with E-state index in [0.717, 1.165) is 5.69 Å². The van der Waals surface area contributed by atoms with Crippen molar-refractivity contribution in [2.75, 3.05) is 9.80 Å². The zero-order valence-electron chi connectivity index (χ0n) is 92.1. The summed E-state index contributed by atoms with van der Waals surface area (Å²) in [5.41, 5.74) is 52.2. The van der Waals surface area contributed by atoms with Crippen molar-refractivity contribution in [1.29, 1.82) is 0 Å². The van der Waals surface area contributed by atoms with E-state index in [4.69, 9.17) is 0 Å². The molecule has 0 spiro atoms. The summed E-state index contributed by atoms with van der Waals surface area (Å²) in [6.45, 7) is 94.1. The van der Waals surface area contributed by atoms with E-state index in [-0.39, 0.29) is 81.1 Å². The molecule has 2 aliphatic heterocycles. The van der Waals surface area contributed by atoms with Crippen molar-refractivity contribution in [3.05, 3.63) is 307 Å². The fourth-order valence-electron chi connectivity index (χ4n) is 22.4. The van der Waals surface area contributed by atoms with Crippen molar-refractivity contribution < 1.29 is 0 Å². The monoisotopic (exact) mass is 1830 g/mol. The van der Waals surface area contributed by atoms with Gasteiger partial charge in [-0.05, 0) is 296 Å². The number of nitrogens with zero attached hydrogens (tertiary/aromatic N) is 3. The van der Waals surface area contributed by atoms with Gasteiger partial charge in [0, 0.05) is 55.8 Å². The normalized spacial score (nSPS) is 13.5. The van der Waals surface area contributed by atoms with E-state index in [1.165, 1.54) is 234 Å². The van der Waals surface area contributed by atoms with Crippen LogP contribution >= 0.6 is 0 Å². The van der Waals surface area contributed by atoms with E-state index in [1.54, 1.807) is 0 Å². The molecule has 0 saturated carbocycles. The molecule has 0 fully saturated rings. The molecule has 1 aromatic heterocycles. The number of anilines is 6. The third-order valence-electron chi connectivity index (χ3n) is 31.0. The highest BCUT2D eigenvalue weighted by Gasteiger charge is 2.48. The van der Waals surface area contributed by atoms with Crippen molar-refractivity contribution in [3.8, 4) is 72.4 Å². The number of para-hydroxylation sites is 3. The first kappa shape index (κ1) is 100. The standard InChI is InChI=1S/C134H164BN3/c1-75(2)89-60-106(79(9)10)123(107(61-89)80(11)12)102-45-42-46-103(124-108(81(13)14)62-90(76(3)4)63-109(124)82(15)16)128(102)137-119-53-50-87(93-56-96(131(28,29)30)70-97(57-93)132(31,32)33)68-115(119)135-116-69-88(94-58-98(133(34,35)36)71-99(59-94)134(37,38)39)51-54-120(116)138(122-74-100(73-121(137)127(122)135)136-117-49-41-40-44-101(117)114-72-95(130(25,26)27)52-55-118(114)136)129-104(125-110(83(17)18)64-91(77(5)6)65-111(125)84(19)20)47-43-48-105(129)126-112(85(21)22)66-92(78(7)8)67-113(126)86(23)24/h40-86H,1-39H3. The molecule has 0 radical (unpaired) electrons. The molecule has 16 rings (SSSR count). The molecule has 138 heavy (non-hydrogen) atoms. The average molecular weight is 1830 g/mol. The maximum atomic E-state index is 2.93. The Labute approximate surface area is 835 Å². The Balaban J connectivity index is 1.25. The number of benzene rings is 13. The van der Waals surface area contributed by atoms with Gasteiger partial charge in [0.2, 0.25) is 0 Å². The maximum Gasteiger partial charge on any atom is 0.252 e. The van der Waals surface area contributed by atoms with Crippen LogP contribution in [0.25, 0.3) is 94.3 Å². The first-order valence-corrected chi connectivity index (χ1v) is 53.0. The Morgan fingerprint density at radius 3 is 0.761 bits per heavy atom. The minimum atomic E-state index is -0.364. The first-order valence-electron chi connectivity index (χ1n) is 53.0. The zero-order chi connectivity index (χ0) is 100. The van der Waals surface area contributed by atoms with E-state index in [1.807, 2.05) is 0 Å². The summed E-state index contributed by atoms with van der Waals surface area (Å²) in [6.07, 6.45) is 0. The first-order chi connectivity index (χ1) is 64.5. The van der Waals surface area contributed by atoms with Crippen molar-refractivity contribution in [2.45, 2.75) is 368 Å². The summed E-state index contributed by atoms with van der Waals surface area (Å²) in [7, 11) is 0. The van der Waals surface area contributed by atoms with E-state index in [9.17, 15) is 0 Å². The van der Waals surface area contributed by atoms with Gasteiger partial charge in [-0.25, -0.2) is 0 Å². The second-order valence-electron chi connectivity index (χ2n) is 50.5. The lowest BCUT2D eigenvalue weighted by molar-refractivity contribution is 0.568. The molecular formula is C134H164BN3. The molecule has 0 aliphatic carbocycles. The van der Waals surface area contributed by atoms with Gasteiger partial charge in [0.1, 0.15) is 0 Å². The van der Waals surface area contributed by atoms with E-state index in [0.29, 0.717) is 23.7 Å². The third-order valence-corrected chi connectivity index (χ3v) is 31.0. The Morgan fingerprint density at radius 2 is 0.493 bits per heavy atom. The topological polar surface area (TPSA) is 11.4 Å². The Kier molecular flexibility index (Phi) is 27.0. The van der Waals surface area contributed by atoms with Crippen LogP contribution in [0.2, 0.25) is 0 Å². The highest BCUT2D eigenvalue weighted by molar-refractivity contribution is 7.00. The Hall–Kier alpha value is -10.7. The largest absolute Gasteiger partial charge is 0.310 e. The van der Waals surface area contributed by atoms with Crippen molar-refractivity contribution >= 4 is 79.0 Å². The molecule has 0 unspecified atom stereocenters. The molecule has 4 heteroatoms. The maximum absolute atomic E-state index is 2.93. The van der Waals surface area contributed by atoms with Crippen molar-refractivity contribution in [1.82, 2.24) is 4.57 Å². The van der Waals surface area contributed by atoms with Crippen molar-refractivity contribution in [2.24, 2.45) is 0 Å². The Morgan fingerprint density at radius 1 is 0.217 bits per heavy atom. The molecule has 2 aliphatic rings. The number of aromatic nitrogens is 1. The lowest BCUT2D eigenvalue weighted by Gasteiger charge is -2.46. The summed E-state index contributed by atoms with van der Waals surface area (Å²) < 4.78 is 2.69. The third kappa shape index (κ3) is 18.3. The van der Waals surface area contributed by atoms with Gasteiger partial charge in [0.05, 0.1) is 28.1 Å². The van der Waals surface area contributed by atoms with Gasteiger partial charge in [-0.2, -0.15) is 0 Å². The quantitative estimate of drug-likeness (QED) is 0.0664. The SMILES string of the molecule is CC(C)c1cc(C(C)C)c(-c2cccc(-c3c(C(C)C)cc(C(C)C)cc3C(C)C)c2N2c3ccc(-c4cc(C(C)(C)C)cc(C(C)(C)C)c4)cc3B3c4cc(-c5cc(C(C)(C)C)cc(C(C)(C)C)c5)ccc4N(c4c(-c5c(C(C)C)cc(C(C)C)cc5C(C)C)cccc4-c4c(C(C)C)cc(C(C)C)cc4C(C)C)c4cc(-n5c6ccccc6c6cc(C(C)(C)C)ccc65)cc2c43)c(C(C)C)c1. The highest BCUT2D eigenvalue weighted by Crippen LogP contribution is 2.60. The van der Waals surface area contributed by atoms with Gasteiger partial charge >= 0.3 is 0 Å². The van der Waals surface area contributed by atoms with Crippen LogP contribution in [0.3, 0.4) is 0 Å². The summed E-state index contributed by atoms with van der Waals surface area (Å²) >= 11 is 0. The second kappa shape index (κ2) is 37.1. The summed E-state index contributed by atoms with van der Waals surface area (Å²) in [5.74, 6) is 2.59. The van der Waals surface area contributed by atoms with E-state index < -0.39 is 0 Å².